The Kier molecular flexibility index (Phi) is 9.53. The van der Waals surface area contributed by atoms with E-state index < -0.39 is 0 Å². The molecule has 0 unspecified atom stereocenters. The number of para-hydroxylation sites is 4. The second-order valence-corrected chi connectivity index (χ2v) is 18.5. The van der Waals surface area contributed by atoms with Crippen molar-refractivity contribution in [3.05, 3.63) is 273 Å². The molecule has 0 aliphatic rings. The summed E-state index contributed by atoms with van der Waals surface area (Å²) in [4.78, 5) is 2.42. The first-order valence-corrected chi connectivity index (χ1v) is 24.4. The van der Waals surface area contributed by atoms with Crippen LogP contribution in [0.1, 0.15) is 0 Å². The molecule has 0 atom stereocenters. The minimum absolute atomic E-state index is 1.08. The van der Waals surface area contributed by atoms with Crippen LogP contribution in [-0.4, -0.2) is 9.13 Å². The summed E-state index contributed by atoms with van der Waals surface area (Å²) in [6.45, 7) is 0. The van der Waals surface area contributed by atoms with E-state index in [-0.39, 0.29) is 0 Å². The average Bonchev–Trinajstić information content (AvgIpc) is 3.96. The third kappa shape index (κ3) is 6.74. The largest absolute Gasteiger partial charge is 0.310 e. The molecule has 0 aliphatic heterocycles. The molecule has 0 aliphatic carbocycles. The molecule has 3 heteroatoms. The lowest BCUT2D eigenvalue weighted by Crippen LogP contribution is -2.11. The fourth-order valence-corrected chi connectivity index (χ4v) is 11.2. The van der Waals surface area contributed by atoms with E-state index in [0.717, 1.165) is 22.7 Å². The smallest absolute Gasteiger partial charge is 0.0542 e. The van der Waals surface area contributed by atoms with Crippen LogP contribution in [0.4, 0.5) is 17.1 Å². The third-order valence-corrected chi connectivity index (χ3v) is 14.5. The number of fused-ring (bicyclic) bond motifs is 8. The highest BCUT2D eigenvalue weighted by molar-refractivity contribution is 6.13. The van der Waals surface area contributed by atoms with Crippen molar-refractivity contribution >= 4 is 82.2 Å². The molecule has 71 heavy (non-hydrogen) atoms. The summed E-state index contributed by atoms with van der Waals surface area (Å²) in [6, 6.07) is 99.7. The maximum atomic E-state index is 2.43. The van der Waals surface area contributed by atoms with Crippen LogP contribution in [0.3, 0.4) is 0 Å². The molecule has 0 amide bonds. The highest BCUT2D eigenvalue weighted by Gasteiger charge is 2.21. The lowest BCUT2D eigenvalue weighted by atomic mass is 9.97. The number of aromatic nitrogens is 2. The Labute approximate surface area is 412 Å². The number of nitrogens with zero attached hydrogens (tertiary/aromatic N) is 3. The third-order valence-electron chi connectivity index (χ3n) is 14.5. The summed E-state index contributed by atoms with van der Waals surface area (Å²) in [6.07, 6.45) is 0. The first-order valence-electron chi connectivity index (χ1n) is 24.4. The molecule has 14 rings (SSSR count). The number of hydrogen-bond acceptors (Lipinski definition) is 1. The lowest BCUT2D eigenvalue weighted by molar-refractivity contribution is 1.18. The van der Waals surface area contributed by atoms with Gasteiger partial charge in [-0.15, -0.1) is 0 Å². The van der Waals surface area contributed by atoms with Crippen LogP contribution in [0.25, 0.3) is 110 Å². The molecule has 0 spiro atoms. The van der Waals surface area contributed by atoms with E-state index >= 15 is 0 Å². The van der Waals surface area contributed by atoms with Crippen LogP contribution in [0.2, 0.25) is 0 Å². The van der Waals surface area contributed by atoms with Crippen molar-refractivity contribution in [1.82, 2.24) is 9.13 Å². The van der Waals surface area contributed by atoms with Gasteiger partial charge in [-0.1, -0.05) is 194 Å². The van der Waals surface area contributed by atoms with Crippen molar-refractivity contribution in [2.45, 2.75) is 0 Å². The van der Waals surface area contributed by atoms with Gasteiger partial charge in [-0.3, -0.25) is 0 Å². The van der Waals surface area contributed by atoms with Crippen molar-refractivity contribution in [2.24, 2.45) is 0 Å². The van der Waals surface area contributed by atoms with E-state index in [0.29, 0.717) is 0 Å². The molecule has 0 saturated heterocycles. The van der Waals surface area contributed by atoms with Crippen molar-refractivity contribution in [3.8, 4) is 44.8 Å². The normalized spacial score (nSPS) is 11.7. The van der Waals surface area contributed by atoms with Gasteiger partial charge in [0, 0.05) is 49.4 Å². The van der Waals surface area contributed by atoms with Gasteiger partial charge >= 0.3 is 0 Å². The highest BCUT2D eigenvalue weighted by atomic mass is 15.1. The molecule has 0 fully saturated rings. The maximum absolute atomic E-state index is 2.43. The van der Waals surface area contributed by atoms with E-state index in [1.165, 1.54) is 104 Å². The van der Waals surface area contributed by atoms with Gasteiger partial charge in [0.25, 0.3) is 0 Å². The molecule has 3 nitrogen and oxygen atoms in total. The molecular weight excluding hydrogens is 859 g/mol. The lowest BCUT2D eigenvalue weighted by Gasteiger charge is -2.28. The van der Waals surface area contributed by atoms with Crippen molar-refractivity contribution < 1.29 is 0 Å². The zero-order valence-corrected chi connectivity index (χ0v) is 38.8. The predicted octanol–water partition coefficient (Wildman–Crippen LogP) is 18.7. The van der Waals surface area contributed by atoms with Gasteiger partial charge in [-0.05, 0) is 123 Å². The number of rotatable bonds is 8. The fourth-order valence-electron chi connectivity index (χ4n) is 11.2. The Balaban J connectivity index is 0.855. The first-order chi connectivity index (χ1) is 35.2. The summed E-state index contributed by atoms with van der Waals surface area (Å²) in [7, 11) is 0. The topological polar surface area (TPSA) is 13.1 Å². The van der Waals surface area contributed by atoms with Crippen molar-refractivity contribution in [3.63, 3.8) is 0 Å². The fraction of sp³-hybridized carbons (Fsp3) is 0. The van der Waals surface area contributed by atoms with Crippen LogP contribution in [-0.2, 0) is 0 Å². The van der Waals surface area contributed by atoms with Crippen LogP contribution in [0.5, 0.6) is 0 Å². The van der Waals surface area contributed by atoms with Crippen molar-refractivity contribution in [1.29, 1.82) is 0 Å². The number of anilines is 3. The SMILES string of the molecule is c1ccc(-n2c3ccccc3c3cc(-c4ccc(-c5ccc(N(c6ccc(-c7cccc8ccccc78)cc6)c6ccc(-n7c8ccccc8c8ccccc87)c7ccccc67)cc5)cc4)ccc32)cc1. The molecule has 0 N–H and O–H groups in total. The van der Waals surface area contributed by atoms with Gasteiger partial charge in [0.1, 0.15) is 0 Å². The Bertz CT molecular complexity index is 4250. The van der Waals surface area contributed by atoms with E-state index in [4.69, 9.17) is 0 Å². The first kappa shape index (κ1) is 40.6. The Hall–Kier alpha value is -9.44. The van der Waals surface area contributed by atoms with Crippen LogP contribution in [0.15, 0.2) is 273 Å². The second-order valence-electron chi connectivity index (χ2n) is 18.5. The highest BCUT2D eigenvalue weighted by Crippen LogP contribution is 2.44. The molecule has 2 heterocycles. The Morgan fingerprint density at radius 2 is 0.704 bits per heavy atom. The van der Waals surface area contributed by atoms with Gasteiger partial charge in [0.05, 0.1) is 33.4 Å². The Morgan fingerprint density at radius 3 is 1.35 bits per heavy atom. The molecule has 0 radical (unpaired) electrons. The molecule has 0 bridgehead atoms. The van der Waals surface area contributed by atoms with Crippen LogP contribution < -0.4 is 4.90 Å². The zero-order valence-electron chi connectivity index (χ0n) is 38.8. The van der Waals surface area contributed by atoms with Gasteiger partial charge in [-0.25, -0.2) is 0 Å². The predicted molar refractivity (Wildman–Crippen MR) is 301 cm³/mol. The van der Waals surface area contributed by atoms with Crippen LogP contribution in [0, 0.1) is 0 Å². The number of hydrogen-bond donors (Lipinski definition) is 0. The van der Waals surface area contributed by atoms with Gasteiger partial charge < -0.3 is 14.0 Å². The molecule has 14 aromatic rings. The summed E-state index contributed by atoms with van der Waals surface area (Å²) < 4.78 is 4.80. The Morgan fingerprint density at radius 1 is 0.254 bits per heavy atom. The van der Waals surface area contributed by atoms with E-state index in [1.54, 1.807) is 0 Å². The average molecular weight is 904 g/mol. The quantitative estimate of drug-likeness (QED) is 0.148. The molecule has 2 aromatic heterocycles. The minimum atomic E-state index is 1.08. The summed E-state index contributed by atoms with van der Waals surface area (Å²) in [5.41, 5.74) is 17.6. The standard InChI is InChI=1S/C68H45N3/c1-2-17-52(18-3-1)70-63-26-11-10-24-61(63)62-45-51(37-42-68(62)70)48-31-29-46(30-32-48)47-33-38-53(39-34-47)69(54-40-35-50(36-41-54)56-25-14-16-49-15-4-5-19-55(49)56)66-43-44-67(60-21-7-6-20-59(60)66)71-64-27-12-8-22-57(64)58-23-9-13-28-65(58)71/h1-45H. The monoisotopic (exact) mass is 903 g/mol. The van der Waals surface area contributed by atoms with Gasteiger partial charge in [-0.2, -0.15) is 0 Å². The molecule has 12 aromatic carbocycles. The van der Waals surface area contributed by atoms with E-state index in [9.17, 15) is 0 Å². The summed E-state index contributed by atoms with van der Waals surface area (Å²) >= 11 is 0. The summed E-state index contributed by atoms with van der Waals surface area (Å²) in [5.74, 6) is 0. The van der Waals surface area contributed by atoms with E-state index in [1.807, 2.05) is 0 Å². The molecular formula is C68H45N3. The van der Waals surface area contributed by atoms with Crippen LogP contribution >= 0.6 is 0 Å². The van der Waals surface area contributed by atoms with E-state index in [2.05, 4.69) is 287 Å². The van der Waals surface area contributed by atoms with Crippen molar-refractivity contribution in [2.75, 3.05) is 4.90 Å². The molecule has 332 valence electrons. The maximum Gasteiger partial charge on any atom is 0.0542 e. The molecule has 0 saturated carbocycles. The minimum Gasteiger partial charge on any atom is -0.310 e. The number of benzene rings is 12. The van der Waals surface area contributed by atoms with Gasteiger partial charge in [0.2, 0.25) is 0 Å². The second kappa shape index (κ2) is 16.7. The van der Waals surface area contributed by atoms with Gasteiger partial charge in [0.15, 0.2) is 0 Å². The zero-order chi connectivity index (χ0) is 46.8. The summed E-state index contributed by atoms with van der Waals surface area (Å²) in [5, 5.41) is 9.87.